The average molecular weight is 219 g/mol. The average Bonchev–Trinajstić information content (AvgIpc) is 2.83. The predicted octanol–water partition coefficient (Wildman–Crippen LogP) is 0.868. The summed E-state index contributed by atoms with van der Waals surface area (Å²) in [5.41, 5.74) is 1.09. The van der Waals surface area contributed by atoms with Crippen molar-refractivity contribution in [3.05, 3.63) is 30.1 Å². The number of amides is 1. The quantitative estimate of drug-likeness (QED) is 0.793. The van der Waals surface area contributed by atoms with E-state index in [1.54, 1.807) is 12.4 Å². The van der Waals surface area contributed by atoms with Crippen LogP contribution < -0.4 is 10.6 Å². The van der Waals surface area contributed by atoms with Crippen LogP contribution >= 0.6 is 0 Å². The van der Waals surface area contributed by atoms with Gasteiger partial charge in [-0.2, -0.15) is 0 Å². The Labute approximate surface area is 95.5 Å². The van der Waals surface area contributed by atoms with Gasteiger partial charge < -0.3 is 10.6 Å². The summed E-state index contributed by atoms with van der Waals surface area (Å²) >= 11 is 0. The molecule has 0 spiro atoms. The van der Waals surface area contributed by atoms with Crippen molar-refractivity contribution < 1.29 is 4.79 Å². The summed E-state index contributed by atoms with van der Waals surface area (Å²) in [5, 5.41) is 6.23. The number of hydrogen-bond acceptors (Lipinski definition) is 3. The molecule has 0 aromatic carbocycles. The molecule has 0 bridgehead atoms. The Morgan fingerprint density at radius 2 is 2.31 bits per heavy atom. The van der Waals surface area contributed by atoms with Crippen molar-refractivity contribution in [3.8, 4) is 0 Å². The van der Waals surface area contributed by atoms with Gasteiger partial charge in [-0.3, -0.25) is 9.78 Å². The van der Waals surface area contributed by atoms with Gasteiger partial charge in [-0.15, -0.1) is 0 Å². The number of carbonyl (C=O) groups excluding carboxylic acids is 1. The Bertz CT molecular complexity index is 347. The molecule has 1 aliphatic rings. The van der Waals surface area contributed by atoms with E-state index in [4.69, 9.17) is 0 Å². The summed E-state index contributed by atoms with van der Waals surface area (Å²) in [6.07, 6.45) is 4.43. The zero-order chi connectivity index (χ0) is 11.4. The Kier molecular flexibility index (Phi) is 3.51. The number of hydrogen-bond donors (Lipinski definition) is 2. The fourth-order valence-corrected chi connectivity index (χ4v) is 1.95. The Balaban J connectivity index is 1.92. The van der Waals surface area contributed by atoms with Crippen LogP contribution in [-0.4, -0.2) is 24.0 Å². The molecule has 0 radical (unpaired) electrons. The van der Waals surface area contributed by atoms with Gasteiger partial charge in [0.2, 0.25) is 5.91 Å². The van der Waals surface area contributed by atoms with Gasteiger partial charge in [0, 0.05) is 18.9 Å². The van der Waals surface area contributed by atoms with Gasteiger partial charge in [-0.25, -0.2) is 0 Å². The minimum absolute atomic E-state index is 0.0519. The minimum Gasteiger partial charge on any atom is -0.349 e. The molecule has 1 aromatic heterocycles. The van der Waals surface area contributed by atoms with Crippen LogP contribution in [0.5, 0.6) is 0 Å². The molecule has 1 fully saturated rings. The highest BCUT2D eigenvalue weighted by Gasteiger charge is 2.23. The first-order valence-electron chi connectivity index (χ1n) is 5.68. The Morgan fingerprint density at radius 1 is 1.56 bits per heavy atom. The molecule has 16 heavy (non-hydrogen) atoms. The smallest absolute Gasteiger partial charge is 0.224 e. The van der Waals surface area contributed by atoms with E-state index in [-0.39, 0.29) is 17.9 Å². The highest BCUT2D eigenvalue weighted by atomic mass is 16.2. The number of rotatable bonds is 3. The lowest BCUT2D eigenvalue weighted by molar-refractivity contribution is -0.125. The summed E-state index contributed by atoms with van der Waals surface area (Å²) < 4.78 is 0. The van der Waals surface area contributed by atoms with Crippen molar-refractivity contribution in [2.24, 2.45) is 5.92 Å². The summed E-state index contributed by atoms with van der Waals surface area (Å²) in [7, 11) is 0. The standard InChI is InChI=1S/C12H17N3O/c1-9(10-2-5-13-6-3-10)15-12(16)11-4-7-14-8-11/h2-3,5-6,9,11,14H,4,7-8H2,1H3,(H,15,16)/t9-,11?/m1/s1. The lowest BCUT2D eigenvalue weighted by atomic mass is 10.1. The molecule has 1 saturated heterocycles. The molecule has 4 heteroatoms. The number of nitrogens with one attached hydrogen (secondary N) is 2. The van der Waals surface area contributed by atoms with E-state index in [9.17, 15) is 4.79 Å². The topological polar surface area (TPSA) is 54.0 Å². The van der Waals surface area contributed by atoms with Crippen molar-refractivity contribution in [2.75, 3.05) is 13.1 Å². The molecule has 1 amide bonds. The largest absolute Gasteiger partial charge is 0.349 e. The molecule has 2 rings (SSSR count). The lowest BCUT2D eigenvalue weighted by Gasteiger charge is -2.16. The second-order valence-electron chi connectivity index (χ2n) is 4.20. The SMILES string of the molecule is C[C@@H](NC(=O)C1CCNC1)c1ccncc1. The van der Waals surface area contributed by atoms with E-state index < -0.39 is 0 Å². The second-order valence-corrected chi connectivity index (χ2v) is 4.20. The summed E-state index contributed by atoms with van der Waals surface area (Å²) in [6, 6.07) is 3.91. The van der Waals surface area contributed by atoms with Gasteiger partial charge in [-0.05, 0) is 37.6 Å². The Morgan fingerprint density at radius 3 is 2.94 bits per heavy atom. The third-order valence-electron chi connectivity index (χ3n) is 3.00. The zero-order valence-electron chi connectivity index (χ0n) is 9.44. The van der Waals surface area contributed by atoms with Crippen LogP contribution in [0.4, 0.5) is 0 Å². The van der Waals surface area contributed by atoms with E-state index >= 15 is 0 Å². The molecule has 1 aliphatic heterocycles. The fourth-order valence-electron chi connectivity index (χ4n) is 1.95. The van der Waals surface area contributed by atoms with Crippen LogP contribution in [-0.2, 0) is 4.79 Å². The van der Waals surface area contributed by atoms with E-state index in [0.29, 0.717) is 0 Å². The summed E-state index contributed by atoms with van der Waals surface area (Å²) in [6.45, 7) is 3.74. The predicted molar refractivity (Wildman–Crippen MR) is 61.8 cm³/mol. The van der Waals surface area contributed by atoms with Crippen LogP contribution in [0.2, 0.25) is 0 Å². The maximum atomic E-state index is 11.9. The van der Waals surface area contributed by atoms with Crippen molar-refractivity contribution in [1.82, 2.24) is 15.6 Å². The first kappa shape index (κ1) is 11.1. The monoisotopic (exact) mass is 219 g/mol. The molecule has 2 N–H and O–H groups in total. The molecular formula is C12H17N3O. The zero-order valence-corrected chi connectivity index (χ0v) is 9.44. The normalized spacial score (nSPS) is 21.7. The molecule has 4 nitrogen and oxygen atoms in total. The molecule has 2 heterocycles. The maximum absolute atomic E-state index is 11.9. The van der Waals surface area contributed by atoms with Gasteiger partial charge in [0.1, 0.15) is 0 Å². The lowest BCUT2D eigenvalue weighted by Crippen LogP contribution is -2.33. The minimum atomic E-state index is 0.0519. The fraction of sp³-hybridized carbons (Fsp3) is 0.500. The molecule has 0 aliphatic carbocycles. The number of pyridine rings is 1. The van der Waals surface area contributed by atoms with E-state index in [1.165, 1.54) is 0 Å². The number of carbonyl (C=O) groups is 1. The number of nitrogens with zero attached hydrogens (tertiary/aromatic N) is 1. The highest BCUT2D eigenvalue weighted by molar-refractivity contribution is 5.79. The van der Waals surface area contributed by atoms with Crippen LogP contribution in [0.25, 0.3) is 0 Å². The van der Waals surface area contributed by atoms with Gasteiger partial charge in [0.25, 0.3) is 0 Å². The van der Waals surface area contributed by atoms with Crippen LogP contribution in [0.3, 0.4) is 0 Å². The van der Waals surface area contributed by atoms with Crippen molar-refractivity contribution in [3.63, 3.8) is 0 Å². The molecule has 1 aromatic rings. The molecule has 86 valence electrons. The molecule has 1 unspecified atom stereocenters. The third kappa shape index (κ3) is 2.58. The van der Waals surface area contributed by atoms with Crippen LogP contribution in [0.15, 0.2) is 24.5 Å². The van der Waals surface area contributed by atoms with Crippen molar-refractivity contribution in [1.29, 1.82) is 0 Å². The van der Waals surface area contributed by atoms with Crippen LogP contribution in [0.1, 0.15) is 24.9 Å². The first-order valence-corrected chi connectivity index (χ1v) is 5.68. The van der Waals surface area contributed by atoms with Gasteiger partial charge >= 0.3 is 0 Å². The summed E-state index contributed by atoms with van der Waals surface area (Å²) in [5.74, 6) is 0.276. The first-order chi connectivity index (χ1) is 7.77. The van der Waals surface area contributed by atoms with E-state index in [2.05, 4.69) is 15.6 Å². The van der Waals surface area contributed by atoms with Crippen LogP contribution in [0, 0.1) is 5.92 Å². The Hall–Kier alpha value is -1.42. The van der Waals surface area contributed by atoms with Gasteiger partial charge in [-0.1, -0.05) is 0 Å². The highest BCUT2D eigenvalue weighted by Crippen LogP contribution is 2.13. The van der Waals surface area contributed by atoms with Crippen molar-refractivity contribution in [2.45, 2.75) is 19.4 Å². The summed E-state index contributed by atoms with van der Waals surface area (Å²) in [4.78, 5) is 15.8. The molecule has 0 saturated carbocycles. The van der Waals surface area contributed by atoms with E-state index in [1.807, 2.05) is 19.1 Å². The molecule has 2 atom stereocenters. The van der Waals surface area contributed by atoms with E-state index in [0.717, 1.165) is 25.1 Å². The maximum Gasteiger partial charge on any atom is 0.224 e. The molecular weight excluding hydrogens is 202 g/mol. The van der Waals surface area contributed by atoms with Crippen molar-refractivity contribution >= 4 is 5.91 Å². The number of aromatic nitrogens is 1. The van der Waals surface area contributed by atoms with Gasteiger partial charge in [0.15, 0.2) is 0 Å². The second kappa shape index (κ2) is 5.07. The van der Waals surface area contributed by atoms with Gasteiger partial charge in [0.05, 0.1) is 12.0 Å². The third-order valence-corrected chi connectivity index (χ3v) is 3.00.